The molecule has 2 N–H and O–H groups in total. The Morgan fingerprint density at radius 3 is 2.75 bits per heavy atom. The third-order valence-electron chi connectivity index (χ3n) is 5.13. The average molecular weight is 325 g/mol. The van der Waals surface area contributed by atoms with Crippen molar-refractivity contribution in [3.05, 3.63) is 54.1 Å². The first kappa shape index (κ1) is 15.3. The number of piperidine rings is 1. The molecule has 2 fully saturated rings. The highest BCUT2D eigenvalue weighted by molar-refractivity contribution is 5.87. The highest BCUT2D eigenvalue weighted by Crippen LogP contribution is 2.37. The molecule has 1 amide bonds. The van der Waals surface area contributed by atoms with Crippen LogP contribution in [0.2, 0.25) is 0 Å². The van der Waals surface area contributed by atoms with Crippen LogP contribution in [0.1, 0.15) is 37.4 Å². The molecule has 24 heavy (non-hydrogen) atoms. The molecule has 0 bridgehead atoms. The fraction of sp³-hybridized carbons (Fsp3) is 0.368. The zero-order chi connectivity index (χ0) is 16.6. The van der Waals surface area contributed by atoms with Crippen molar-refractivity contribution in [1.82, 2.24) is 15.6 Å². The SMILES string of the molecule is O=C1NCCC[C@@]12CC[C@H](c1cc(-c3ccc(F)cc3)ccn1)N2. The Morgan fingerprint density at radius 1 is 1.12 bits per heavy atom. The molecule has 1 aromatic heterocycles. The summed E-state index contributed by atoms with van der Waals surface area (Å²) in [7, 11) is 0. The second-order valence-electron chi connectivity index (χ2n) is 6.65. The molecule has 124 valence electrons. The Morgan fingerprint density at radius 2 is 1.96 bits per heavy atom. The minimum atomic E-state index is -0.434. The van der Waals surface area contributed by atoms with Gasteiger partial charge in [0.2, 0.25) is 5.91 Å². The maximum atomic E-state index is 13.1. The van der Waals surface area contributed by atoms with Crippen molar-refractivity contribution in [3.8, 4) is 11.1 Å². The molecule has 0 aliphatic carbocycles. The van der Waals surface area contributed by atoms with Crippen molar-refractivity contribution in [2.24, 2.45) is 0 Å². The summed E-state index contributed by atoms with van der Waals surface area (Å²) in [6.45, 7) is 0.769. The van der Waals surface area contributed by atoms with E-state index in [0.717, 1.165) is 49.0 Å². The van der Waals surface area contributed by atoms with Crippen LogP contribution in [0, 0.1) is 5.82 Å². The van der Waals surface area contributed by atoms with Crippen molar-refractivity contribution >= 4 is 5.91 Å². The Labute approximate surface area is 140 Å². The number of carbonyl (C=O) groups excluding carboxylic acids is 1. The van der Waals surface area contributed by atoms with Gasteiger partial charge in [-0.25, -0.2) is 4.39 Å². The highest BCUT2D eigenvalue weighted by Gasteiger charge is 2.46. The number of carbonyl (C=O) groups is 1. The third-order valence-corrected chi connectivity index (χ3v) is 5.13. The van der Waals surface area contributed by atoms with Gasteiger partial charge in [-0.1, -0.05) is 12.1 Å². The van der Waals surface area contributed by atoms with Gasteiger partial charge in [-0.3, -0.25) is 15.1 Å². The molecular formula is C19H20FN3O. The van der Waals surface area contributed by atoms with E-state index in [1.807, 2.05) is 12.1 Å². The fourth-order valence-corrected chi connectivity index (χ4v) is 3.80. The lowest BCUT2D eigenvalue weighted by molar-refractivity contribution is -0.129. The van der Waals surface area contributed by atoms with Crippen LogP contribution in [0.5, 0.6) is 0 Å². The Kier molecular flexibility index (Phi) is 3.81. The van der Waals surface area contributed by atoms with Gasteiger partial charge in [0, 0.05) is 12.7 Å². The van der Waals surface area contributed by atoms with E-state index in [1.54, 1.807) is 18.3 Å². The summed E-state index contributed by atoms with van der Waals surface area (Å²) in [5, 5.41) is 6.50. The maximum absolute atomic E-state index is 13.1. The summed E-state index contributed by atoms with van der Waals surface area (Å²) in [4.78, 5) is 16.8. The molecule has 2 saturated heterocycles. The molecule has 0 unspecified atom stereocenters. The zero-order valence-corrected chi connectivity index (χ0v) is 13.4. The second-order valence-corrected chi connectivity index (χ2v) is 6.65. The number of hydrogen-bond donors (Lipinski definition) is 2. The number of hydrogen-bond acceptors (Lipinski definition) is 3. The van der Waals surface area contributed by atoms with E-state index in [4.69, 9.17) is 0 Å². The molecule has 0 saturated carbocycles. The fourth-order valence-electron chi connectivity index (χ4n) is 3.80. The summed E-state index contributed by atoms with van der Waals surface area (Å²) >= 11 is 0. The normalized spacial score (nSPS) is 26.5. The molecule has 2 aromatic rings. The van der Waals surface area contributed by atoms with Gasteiger partial charge in [-0.2, -0.15) is 0 Å². The molecule has 1 spiro atoms. The molecule has 0 radical (unpaired) electrons. The summed E-state index contributed by atoms with van der Waals surface area (Å²) in [6.07, 6.45) is 5.41. The van der Waals surface area contributed by atoms with Crippen LogP contribution in [0.4, 0.5) is 4.39 Å². The van der Waals surface area contributed by atoms with Gasteiger partial charge < -0.3 is 5.32 Å². The van der Waals surface area contributed by atoms with Gasteiger partial charge in [0.15, 0.2) is 0 Å². The first-order valence-electron chi connectivity index (χ1n) is 8.44. The highest BCUT2D eigenvalue weighted by atomic mass is 19.1. The number of nitrogens with one attached hydrogen (secondary N) is 2. The van der Waals surface area contributed by atoms with Crippen LogP contribution < -0.4 is 10.6 Å². The van der Waals surface area contributed by atoms with Gasteiger partial charge in [0.25, 0.3) is 0 Å². The van der Waals surface area contributed by atoms with E-state index in [0.29, 0.717) is 0 Å². The Hall–Kier alpha value is -2.27. The van der Waals surface area contributed by atoms with Crippen LogP contribution in [-0.4, -0.2) is 23.0 Å². The first-order chi connectivity index (χ1) is 11.7. The minimum absolute atomic E-state index is 0.0780. The average Bonchev–Trinajstić information content (AvgIpc) is 3.04. The lowest BCUT2D eigenvalue weighted by atomic mass is 9.88. The lowest BCUT2D eigenvalue weighted by Crippen LogP contribution is -2.57. The monoisotopic (exact) mass is 325 g/mol. The van der Waals surface area contributed by atoms with Crippen molar-refractivity contribution in [3.63, 3.8) is 0 Å². The number of pyridine rings is 1. The Bertz CT molecular complexity index is 761. The smallest absolute Gasteiger partial charge is 0.240 e. The van der Waals surface area contributed by atoms with Crippen LogP contribution >= 0.6 is 0 Å². The third kappa shape index (κ3) is 2.69. The summed E-state index contributed by atoms with van der Waals surface area (Å²) in [6, 6.07) is 10.5. The molecule has 3 heterocycles. The number of amides is 1. The summed E-state index contributed by atoms with van der Waals surface area (Å²) < 4.78 is 13.1. The molecular weight excluding hydrogens is 305 g/mol. The molecule has 2 aliphatic heterocycles. The van der Waals surface area contributed by atoms with Crippen LogP contribution in [0.3, 0.4) is 0 Å². The number of halogens is 1. The molecule has 2 atom stereocenters. The van der Waals surface area contributed by atoms with Crippen LogP contribution in [-0.2, 0) is 4.79 Å². The molecule has 2 aliphatic rings. The van der Waals surface area contributed by atoms with E-state index in [2.05, 4.69) is 15.6 Å². The lowest BCUT2D eigenvalue weighted by Gasteiger charge is -2.33. The molecule has 5 heteroatoms. The number of aromatic nitrogens is 1. The van der Waals surface area contributed by atoms with Gasteiger partial charge in [-0.05, 0) is 61.1 Å². The number of nitrogens with zero attached hydrogens (tertiary/aromatic N) is 1. The first-order valence-corrected chi connectivity index (χ1v) is 8.44. The minimum Gasteiger partial charge on any atom is -0.354 e. The summed E-state index contributed by atoms with van der Waals surface area (Å²) in [5.74, 6) is -0.123. The predicted octanol–water partition coefficient (Wildman–Crippen LogP) is 2.96. The number of benzene rings is 1. The van der Waals surface area contributed by atoms with Gasteiger partial charge in [-0.15, -0.1) is 0 Å². The quantitative estimate of drug-likeness (QED) is 0.892. The molecule has 4 nitrogen and oxygen atoms in total. The largest absolute Gasteiger partial charge is 0.354 e. The van der Waals surface area contributed by atoms with E-state index >= 15 is 0 Å². The molecule has 4 rings (SSSR count). The van der Waals surface area contributed by atoms with Crippen LogP contribution in [0.15, 0.2) is 42.6 Å². The van der Waals surface area contributed by atoms with Gasteiger partial charge in [0.05, 0.1) is 17.3 Å². The zero-order valence-electron chi connectivity index (χ0n) is 13.4. The van der Waals surface area contributed by atoms with Crippen molar-refractivity contribution in [1.29, 1.82) is 0 Å². The van der Waals surface area contributed by atoms with E-state index < -0.39 is 5.54 Å². The predicted molar refractivity (Wildman–Crippen MR) is 89.7 cm³/mol. The second kappa shape index (κ2) is 5.98. The van der Waals surface area contributed by atoms with Gasteiger partial charge in [0.1, 0.15) is 5.82 Å². The van der Waals surface area contributed by atoms with Crippen molar-refractivity contribution in [2.45, 2.75) is 37.3 Å². The van der Waals surface area contributed by atoms with Crippen molar-refractivity contribution in [2.75, 3.05) is 6.54 Å². The standard InChI is InChI=1S/C19H20FN3O/c20-15-4-2-13(3-5-15)14-7-11-21-17(12-14)16-6-9-19(23-16)8-1-10-22-18(19)24/h2-5,7,11-12,16,23H,1,6,8-10H2,(H,22,24)/t16-,19-/m1/s1. The summed E-state index contributed by atoms with van der Waals surface area (Å²) in [5.41, 5.74) is 2.47. The van der Waals surface area contributed by atoms with Crippen molar-refractivity contribution < 1.29 is 9.18 Å². The molecule has 1 aromatic carbocycles. The van der Waals surface area contributed by atoms with E-state index in [-0.39, 0.29) is 17.8 Å². The number of rotatable bonds is 2. The topological polar surface area (TPSA) is 54.0 Å². The van der Waals surface area contributed by atoms with E-state index in [1.165, 1.54) is 12.1 Å². The van der Waals surface area contributed by atoms with Gasteiger partial charge >= 0.3 is 0 Å². The van der Waals surface area contributed by atoms with E-state index in [9.17, 15) is 9.18 Å². The Balaban J connectivity index is 1.58. The maximum Gasteiger partial charge on any atom is 0.240 e. The van der Waals surface area contributed by atoms with Crippen LogP contribution in [0.25, 0.3) is 11.1 Å².